The van der Waals surface area contributed by atoms with Crippen LogP contribution in [-0.2, 0) is 4.74 Å². The van der Waals surface area contributed by atoms with E-state index in [0.29, 0.717) is 0 Å². The summed E-state index contributed by atoms with van der Waals surface area (Å²) in [6, 6.07) is 10.0. The number of benzene rings is 1. The third-order valence-electron chi connectivity index (χ3n) is 2.88. The molecule has 2 rings (SSSR count). The quantitative estimate of drug-likeness (QED) is 0.788. The molecule has 1 unspecified atom stereocenters. The van der Waals surface area contributed by atoms with Crippen LogP contribution in [0.2, 0.25) is 0 Å². The fourth-order valence-corrected chi connectivity index (χ4v) is 2.59. The number of ether oxygens (including phenoxy) is 1. The van der Waals surface area contributed by atoms with Crippen molar-refractivity contribution < 1.29 is 4.74 Å². The van der Waals surface area contributed by atoms with E-state index < -0.39 is 0 Å². The van der Waals surface area contributed by atoms with Crippen LogP contribution < -0.4 is 5.32 Å². The van der Waals surface area contributed by atoms with Crippen LogP contribution in [0.5, 0.6) is 0 Å². The van der Waals surface area contributed by atoms with Gasteiger partial charge in [-0.05, 0) is 45.1 Å². The molecule has 0 bridgehead atoms. The molecule has 1 heterocycles. The molecule has 4 heteroatoms. The molecule has 1 aromatic carbocycles. The Balaban J connectivity index is 2.01. The molecule has 1 aliphatic rings. The molecule has 1 fully saturated rings. The standard InChI is InChI=1S/C14H20N2OS/c1-11-9-16(10-14(2,3)17-11)13(18)15-12-7-5-4-6-8-12/h4-8,11H,9-10H2,1-3H3,(H,15,18). The summed E-state index contributed by atoms with van der Waals surface area (Å²) in [6.45, 7) is 7.93. The molecule has 0 aromatic heterocycles. The topological polar surface area (TPSA) is 24.5 Å². The van der Waals surface area contributed by atoms with Crippen molar-refractivity contribution in [3.8, 4) is 0 Å². The zero-order valence-corrected chi connectivity index (χ0v) is 12.0. The van der Waals surface area contributed by atoms with Crippen LogP contribution in [0.1, 0.15) is 20.8 Å². The van der Waals surface area contributed by atoms with E-state index in [-0.39, 0.29) is 11.7 Å². The number of hydrogen-bond donors (Lipinski definition) is 1. The highest BCUT2D eigenvalue weighted by Crippen LogP contribution is 2.21. The Kier molecular flexibility index (Phi) is 3.88. The summed E-state index contributed by atoms with van der Waals surface area (Å²) in [7, 11) is 0. The summed E-state index contributed by atoms with van der Waals surface area (Å²) in [4.78, 5) is 2.18. The molecule has 1 atom stereocenters. The lowest BCUT2D eigenvalue weighted by Crippen LogP contribution is -2.54. The molecule has 1 N–H and O–H groups in total. The number of thiocarbonyl (C=S) groups is 1. The van der Waals surface area contributed by atoms with Gasteiger partial charge in [0.1, 0.15) is 0 Å². The van der Waals surface area contributed by atoms with Gasteiger partial charge in [-0.1, -0.05) is 18.2 Å². The Bertz CT molecular complexity index is 419. The number of morpholine rings is 1. The fourth-order valence-electron chi connectivity index (χ4n) is 2.33. The van der Waals surface area contributed by atoms with E-state index in [0.717, 1.165) is 23.9 Å². The second-order valence-electron chi connectivity index (χ2n) is 5.36. The van der Waals surface area contributed by atoms with Crippen LogP contribution in [-0.4, -0.2) is 34.8 Å². The molecule has 1 saturated heterocycles. The molecule has 0 radical (unpaired) electrons. The molecular weight excluding hydrogens is 244 g/mol. The fraction of sp³-hybridized carbons (Fsp3) is 0.500. The van der Waals surface area contributed by atoms with Gasteiger partial charge in [0.2, 0.25) is 0 Å². The summed E-state index contributed by atoms with van der Waals surface area (Å²) < 4.78 is 5.88. The predicted octanol–water partition coefficient (Wildman–Crippen LogP) is 2.88. The summed E-state index contributed by atoms with van der Waals surface area (Å²) in [6.07, 6.45) is 0.198. The van der Waals surface area contributed by atoms with Crippen molar-refractivity contribution in [2.45, 2.75) is 32.5 Å². The van der Waals surface area contributed by atoms with Crippen molar-refractivity contribution in [3.05, 3.63) is 30.3 Å². The van der Waals surface area contributed by atoms with Gasteiger partial charge in [-0.3, -0.25) is 0 Å². The third kappa shape index (κ3) is 3.43. The first-order valence-electron chi connectivity index (χ1n) is 6.25. The molecule has 0 amide bonds. The summed E-state index contributed by atoms with van der Waals surface area (Å²) >= 11 is 5.47. The number of nitrogens with one attached hydrogen (secondary N) is 1. The Morgan fingerprint density at radius 2 is 2.06 bits per heavy atom. The number of anilines is 1. The number of para-hydroxylation sites is 1. The van der Waals surface area contributed by atoms with Gasteiger partial charge in [0.05, 0.1) is 11.7 Å². The van der Waals surface area contributed by atoms with E-state index in [2.05, 4.69) is 31.0 Å². The average Bonchev–Trinajstić information content (AvgIpc) is 2.27. The number of nitrogens with zero attached hydrogens (tertiary/aromatic N) is 1. The van der Waals surface area contributed by atoms with Gasteiger partial charge in [0.25, 0.3) is 0 Å². The van der Waals surface area contributed by atoms with Gasteiger partial charge in [-0.2, -0.15) is 0 Å². The van der Waals surface area contributed by atoms with Crippen molar-refractivity contribution in [3.63, 3.8) is 0 Å². The van der Waals surface area contributed by atoms with Crippen molar-refractivity contribution in [2.24, 2.45) is 0 Å². The van der Waals surface area contributed by atoms with Gasteiger partial charge in [-0.15, -0.1) is 0 Å². The van der Waals surface area contributed by atoms with Crippen LogP contribution in [0.15, 0.2) is 30.3 Å². The van der Waals surface area contributed by atoms with E-state index in [1.807, 2.05) is 30.3 Å². The van der Waals surface area contributed by atoms with Gasteiger partial charge in [0.15, 0.2) is 5.11 Å². The molecule has 1 aromatic rings. The predicted molar refractivity (Wildman–Crippen MR) is 78.9 cm³/mol. The van der Waals surface area contributed by atoms with E-state index in [1.165, 1.54) is 0 Å². The van der Waals surface area contributed by atoms with Crippen LogP contribution in [0, 0.1) is 0 Å². The van der Waals surface area contributed by atoms with Crippen molar-refractivity contribution >= 4 is 23.0 Å². The van der Waals surface area contributed by atoms with Crippen LogP contribution in [0.25, 0.3) is 0 Å². The van der Waals surface area contributed by atoms with E-state index in [4.69, 9.17) is 17.0 Å². The minimum Gasteiger partial charge on any atom is -0.369 e. The Morgan fingerprint density at radius 3 is 2.67 bits per heavy atom. The highest BCUT2D eigenvalue weighted by Gasteiger charge is 2.32. The lowest BCUT2D eigenvalue weighted by molar-refractivity contribution is -0.112. The van der Waals surface area contributed by atoms with E-state index in [1.54, 1.807) is 0 Å². The second-order valence-corrected chi connectivity index (χ2v) is 5.75. The Morgan fingerprint density at radius 1 is 1.39 bits per heavy atom. The smallest absolute Gasteiger partial charge is 0.173 e. The van der Waals surface area contributed by atoms with Crippen LogP contribution >= 0.6 is 12.2 Å². The van der Waals surface area contributed by atoms with Crippen LogP contribution in [0.4, 0.5) is 5.69 Å². The maximum Gasteiger partial charge on any atom is 0.173 e. The lowest BCUT2D eigenvalue weighted by Gasteiger charge is -2.42. The second kappa shape index (κ2) is 5.24. The molecule has 1 aliphatic heterocycles. The molecule has 0 spiro atoms. The number of rotatable bonds is 1. The lowest BCUT2D eigenvalue weighted by atomic mass is 10.1. The van der Waals surface area contributed by atoms with Gasteiger partial charge < -0.3 is 15.0 Å². The third-order valence-corrected chi connectivity index (χ3v) is 3.24. The Hall–Kier alpha value is -1.13. The number of hydrogen-bond acceptors (Lipinski definition) is 2. The maximum atomic E-state index is 5.88. The summed E-state index contributed by atoms with van der Waals surface area (Å²) in [5, 5.41) is 4.04. The monoisotopic (exact) mass is 264 g/mol. The minimum atomic E-state index is -0.153. The maximum absolute atomic E-state index is 5.88. The van der Waals surface area contributed by atoms with Gasteiger partial charge in [0, 0.05) is 18.8 Å². The van der Waals surface area contributed by atoms with E-state index >= 15 is 0 Å². The van der Waals surface area contributed by atoms with Crippen molar-refractivity contribution in [1.29, 1.82) is 0 Å². The molecule has 0 saturated carbocycles. The Labute approximate surface area is 114 Å². The van der Waals surface area contributed by atoms with Gasteiger partial charge >= 0.3 is 0 Å². The normalized spacial score (nSPS) is 22.6. The molecular formula is C14H20N2OS. The van der Waals surface area contributed by atoms with Crippen molar-refractivity contribution in [1.82, 2.24) is 4.90 Å². The zero-order valence-electron chi connectivity index (χ0n) is 11.1. The SMILES string of the molecule is CC1CN(C(=S)Nc2ccccc2)CC(C)(C)O1. The van der Waals surface area contributed by atoms with Crippen molar-refractivity contribution in [2.75, 3.05) is 18.4 Å². The van der Waals surface area contributed by atoms with E-state index in [9.17, 15) is 0 Å². The first-order valence-corrected chi connectivity index (χ1v) is 6.66. The zero-order chi connectivity index (χ0) is 13.2. The average molecular weight is 264 g/mol. The minimum absolute atomic E-state index is 0.153. The molecule has 0 aliphatic carbocycles. The summed E-state index contributed by atoms with van der Waals surface area (Å²) in [5.41, 5.74) is 0.875. The molecule has 18 heavy (non-hydrogen) atoms. The first-order chi connectivity index (χ1) is 8.46. The highest BCUT2D eigenvalue weighted by atomic mass is 32.1. The molecule has 98 valence electrons. The molecule has 3 nitrogen and oxygen atoms in total. The first kappa shape index (κ1) is 13.3. The van der Waals surface area contributed by atoms with Gasteiger partial charge in [-0.25, -0.2) is 0 Å². The van der Waals surface area contributed by atoms with Crippen LogP contribution in [0.3, 0.4) is 0 Å². The summed E-state index contributed by atoms with van der Waals surface area (Å²) in [5.74, 6) is 0. The largest absolute Gasteiger partial charge is 0.369 e. The highest BCUT2D eigenvalue weighted by molar-refractivity contribution is 7.80.